The second-order valence-electron chi connectivity index (χ2n) is 6.12. The van der Waals surface area contributed by atoms with Crippen molar-refractivity contribution >= 4 is 33.2 Å². The van der Waals surface area contributed by atoms with E-state index in [0.29, 0.717) is 18.9 Å². The van der Waals surface area contributed by atoms with Crippen molar-refractivity contribution in [3.05, 3.63) is 62.6 Å². The molecule has 0 spiro atoms. The molecule has 0 heterocycles. The van der Waals surface area contributed by atoms with Crippen LogP contribution in [-0.4, -0.2) is 17.4 Å². The van der Waals surface area contributed by atoms with Gasteiger partial charge in [-0.3, -0.25) is 14.9 Å². The summed E-state index contributed by atoms with van der Waals surface area (Å²) in [5.41, 5.74) is 1.30. The zero-order valence-electron chi connectivity index (χ0n) is 14.7. The number of nitrogens with zero attached hydrogens (tertiary/aromatic N) is 1. The molecular weight excluding hydrogens is 400 g/mol. The van der Waals surface area contributed by atoms with Gasteiger partial charge in [0.05, 0.1) is 16.0 Å². The van der Waals surface area contributed by atoms with Crippen molar-refractivity contribution in [1.82, 2.24) is 0 Å². The van der Waals surface area contributed by atoms with Gasteiger partial charge >= 0.3 is 0 Å². The van der Waals surface area contributed by atoms with Gasteiger partial charge in [-0.05, 0) is 52.0 Å². The van der Waals surface area contributed by atoms with Crippen LogP contribution < -0.4 is 10.1 Å². The van der Waals surface area contributed by atoms with E-state index in [9.17, 15) is 14.9 Å². The van der Waals surface area contributed by atoms with Gasteiger partial charge in [0.25, 0.3) is 5.69 Å². The minimum absolute atomic E-state index is 0.119. The predicted molar refractivity (Wildman–Crippen MR) is 105 cm³/mol. The first-order valence-corrected chi connectivity index (χ1v) is 9.13. The molecule has 0 radical (unpaired) electrons. The molecule has 0 aromatic heterocycles. The zero-order valence-corrected chi connectivity index (χ0v) is 16.3. The van der Waals surface area contributed by atoms with Crippen molar-refractivity contribution in [3.8, 4) is 5.75 Å². The van der Waals surface area contributed by atoms with Gasteiger partial charge in [0.2, 0.25) is 5.91 Å². The maximum atomic E-state index is 12.0. The Morgan fingerprint density at radius 1 is 1.27 bits per heavy atom. The van der Waals surface area contributed by atoms with Gasteiger partial charge in [-0.1, -0.05) is 32.0 Å². The van der Waals surface area contributed by atoms with E-state index >= 15 is 0 Å². The van der Waals surface area contributed by atoms with Gasteiger partial charge in [0, 0.05) is 12.5 Å². The van der Waals surface area contributed by atoms with Gasteiger partial charge in [-0.25, -0.2) is 0 Å². The fraction of sp³-hybridized carbons (Fsp3) is 0.316. The number of benzene rings is 2. The highest BCUT2D eigenvalue weighted by Crippen LogP contribution is 2.29. The van der Waals surface area contributed by atoms with Gasteiger partial charge in [-0.2, -0.15) is 0 Å². The number of nitrogens with one attached hydrogen (secondary N) is 1. The van der Waals surface area contributed by atoms with E-state index in [0.717, 1.165) is 10.2 Å². The number of rotatable bonds is 8. The molecule has 0 unspecified atom stereocenters. The molecule has 2 rings (SSSR count). The number of carbonyl (C=O) groups excluding carboxylic acids is 1. The average Bonchev–Trinajstić information content (AvgIpc) is 2.59. The first-order chi connectivity index (χ1) is 12.4. The van der Waals surface area contributed by atoms with Crippen LogP contribution in [0, 0.1) is 10.1 Å². The molecule has 0 saturated carbocycles. The van der Waals surface area contributed by atoms with Crippen LogP contribution in [0.3, 0.4) is 0 Å². The molecule has 0 saturated heterocycles. The van der Waals surface area contributed by atoms with Crippen LogP contribution in [0.2, 0.25) is 0 Å². The number of anilines is 1. The number of halogens is 1. The molecule has 7 heteroatoms. The fourth-order valence-electron chi connectivity index (χ4n) is 2.36. The van der Waals surface area contributed by atoms with E-state index in [1.165, 1.54) is 17.7 Å². The van der Waals surface area contributed by atoms with Crippen LogP contribution in [0.4, 0.5) is 11.4 Å². The molecule has 0 aliphatic carbocycles. The Labute approximate surface area is 160 Å². The molecule has 0 bridgehead atoms. The van der Waals surface area contributed by atoms with E-state index in [4.69, 9.17) is 4.74 Å². The van der Waals surface area contributed by atoms with E-state index in [2.05, 4.69) is 35.1 Å². The summed E-state index contributed by atoms with van der Waals surface area (Å²) in [7, 11) is 0. The minimum Gasteiger partial charge on any atom is -0.492 e. The number of hydrogen-bond donors (Lipinski definition) is 1. The summed E-state index contributed by atoms with van der Waals surface area (Å²) in [6.45, 7) is 4.62. The van der Waals surface area contributed by atoms with E-state index < -0.39 is 4.92 Å². The molecule has 0 aliphatic heterocycles. The van der Waals surface area contributed by atoms with Crippen LogP contribution in [0.15, 0.2) is 46.9 Å². The molecule has 0 fully saturated rings. The molecular formula is C19H21BrN2O4. The van der Waals surface area contributed by atoms with E-state index in [1.54, 1.807) is 12.1 Å². The molecule has 2 aromatic rings. The number of amides is 1. The summed E-state index contributed by atoms with van der Waals surface area (Å²) in [5, 5.41) is 13.5. The van der Waals surface area contributed by atoms with Gasteiger partial charge in [-0.15, -0.1) is 0 Å². The number of nitro benzene ring substituents is 1. The Kier molecular flexibility index (Phi) is 7.15. The molecule has 26 heavy (non-hydrogen) atoms. The highest BCUT2D eigenvalue weighted by atomic mass is 79.9. The Morgan fingerprint density at radius 2 is 2.00 bits per heavy atom. The summed E-state index contributed by atoms with van der Waals surface area (Å²) in [5.74, 6) is 0.886. The molecule has 138 valence electrons. The minimum atomic E-state index is -0.517. The lowest BCUT2D eigenvalue weighted by molar-refractivity contribution is -0.383. The first kappa shape index (κ1) is 19.9. The van der Waals surface area contributed by atoms with Gasteiger partial charge in [0.1, 0.15) is 11.4 Å². The number of para-hydroxylation sites is 2. The second kappa shape index (κ2) is 9.33. The number of carbonyl (C=O) groups is 1. The smallest absolute Gasteiger partial charge is 0.292 e. The SMILES string of the molecule is CC(C)c1ccc(OCCCC(=O)Nc2ccccc2[N+](=O)[O-])c(Br)c1. The monoisotopic (exact) mass is 420 g/mol. The molecule has 6 nitrogen and oxygen atoms in total. The Bertz CT molecular complexity index is 793. The highest BCUT2D eigenvalue weighted by Gasteiger charge is 2.14. The standard InChI is InChI=1S/C19H21BrN2O4/c1-13(2)14-9-10-18(15(20)12-14)26-11-5-8-19(23)21-16-6-3-4-7-17(16)22(24)25/h3-4,6-7,9-10,12-13H,5,8,11H2,1-2H3,(H,21,23). The van der Waals surface area contributed by atoms with Crippen LogP contribution in [0.1, 0.15) is 38.2 Å². The lowest BCUT2D eigenvalue weighted by atomic mass is 10.0. The molecule has 0 aliphatic rings. The number of ether oxygens (including phenoxy) is 1. The van der Waals surface area contributed by atoms with E-state index in [-0.39, 0.29) is 23.7 Å². The summed E-state index contributed by atoms with van der Waals surface area (Å²) < 4.78 is 6.58. The quantitative estimate of drug-likeness (QED) is 0.357. The summed E-state index contributed by atoms with van der Waals surface area (Å²) >= 11 is 3.49. The van der Waals surface area contributed by atoms with Gasteiger partial charge in [0.15, 0.2) is 0 Å². The Morgan fingerprint density at radius 3 is 2.65 bits per heavy atom. The summed E-state index contributed by atoms with van der Waals surface area (Å²) in [6, 6.07) is 12.0. The van der Waals surface area contributed by atoms with Crippen molar-refractivity contribution < 1.29 is 14.5 Å². The van der Waals surface area contributed by atoms with E-state index in [1.807, 2.05) is 18.2 Å². The summed E-state index contributed by atoms with van der Waals surface area (Å²) in [4.78, 5) is 22.4. The average molecular weight is 421 g/mol. The third-order valence-electron chi connectivity index (χ3n) is 3.80. The second-order valence-corrected chi connectivity index (χ2v) is 6.97. The number of nitro groups is 1. The van der Waals surface area contributed by atoms with Crippen LogP contribution in [0.5, 0.6) is 5.75 Å². The Hall–Kier alpha value is -2.41. The van der Waals surface area contributed by atoms with Crippen LogP contribution >= 0.6 is 15.9 Å². The molecule has 1 amide bonds. The van der Waals surface area contributed by atoms with Crippen molar-refractivity contribution in [1.29, 1.82) is 0 Å². The topological polar surface area (TPSA) is 81.5 Å². The maximum Gasteiger partial charge on any atom is 0.292 e. The van der Waals surface area contributed by atoms with Crippen molar-refractivity contribution in [3.63, 3.8) is 0 Å². The van der Waals surface area contributed by atoms with Crippen molar-refractivity contribution in [2.24, 2.45) is 0 Å². The lowest BCUT2D eigenvalue weighted by Gasteiger charge is -2.11. The first-order valence-electron chi connectivity index (χ1n) is 8.34. The normalized spacial score (nSPS) is 10.6. The van der Waals surface area contributed by atoms with Crippen molar-refractivity contribution in [2.75, 3.05) is 11.9 Å². The zero-order chi connectivity index (χ0) is 19.1. The third kappa shape index (κ3) is 5.56. The molecule has 0 atom stereocenters. The molecule has 2 aromatic carbocycles. The van der Waals surface area contributed by atoms with Crippen LogP contribution in [0.25, 0.3) is 0 Å². The fourth-order valence-corrected chi connectivity index (χ4v) is 2.87. The number of hydrogen-bond acceptors (Lipinski definition) is 4. The predicted octanol–water partition coefficient (Wildman–Crippen LogP) is 5.28. The largest absolute Gasteiger partial charge is 0.492 e. The Balaban J connectivity index is 1.82. The summed E-state index contributed by atoms with van der Waals surface area (Å²) in [6.07, 6.45) is 0.721. The van der Waals surface area contributed by atoms with Crippen molar-refractivity contribution in [2.45, 2.75) is 32.6 Å². The third-order valence-corrected chi connectivity index (χ3v) is 4.42. The molecule has 1 N–H and O–H groups in total. The van der Waals surface area contributed by atoms with Gasteiger partial charge < -0.3 is 10.1 Å². The van der Waals surface area contributed by atoms with Crippen LogP contribution in [-0.2, 0) is 4.79 Å². The lowest BCUT2D eigenvalue weighted by Crippen LogP contribution is -2.14. The highest BCUT2D eigenvalue weighted by molar-refractivity contribution is 9.10. The maximum absolute atomic E-state index is 12.0.